The number of unbranched alkanes of at least 4 members (excludes halogenated alkanes) is 1. The van der Waals surface area contributed by atoms with Gasteiger partial charge in [0.05, 0.1) is 0 Å². The van der Waals surface area contributed by atoms with Crippen LogP contribution in [0.4, 0.5) is 0 Å². The highest BCUT2D eigenvalue weighted by atomic mass is 16.7. The van der Waals surface area contributed by atoms with Crippen LogP contribution in [0.15, 0.2) is 12.5 Å². The summed E-state index contributed by atoms with van der Waals surface area (Å²) in [6, 6.07) is 0. The SMILES string of the molecule is CCCCC1(CC(C)C)OC=CO1. The molecule has 0 radical (unpaired) electrons. The number of rotatable bonds is 5. The molecule has 0 saturated carbocycles. The van der Waals surface area contributed by atoms with Gasteiger partial charge in [0.1, 0.15) is 12.5 Å². The molecular formula is C11H20O2. The van der Waals surface area contributed by atoms with Crippen LogP contribution in [-0.2, 0) is 9.47 Å². The highest BCUT2D eigenvalue weighted by Crippen LogP contribution is 2.32. The summed E-state index contributed by atoms with van der Waals surface area (Å²) < 4.78 is 11.1. The van der Waals surface area contributed by atoms with Gasteiger partial charge in [0.25, 0.3) is 0 Å². The standard InChI is InChI=1S/C11H20O2/c1-4-5-6-11(9-10(2)3)12-7-8-13-11/h7-8,10H,4-6,9H2,1-3H3. The maximum absolute atomic E-state index is 5.55. The lowest BCUT2D eigenvalue weighted by Gasteiger charge is -2.29. The zero-order valence-electron chi connectivity index (χ0n) is 8.88. The summed E-state index contributed by atoms with van der Waals surface area (Å²) >= 11 is 0. The molecule has 1 aliphatic heterocycles. The van der Waals surface area contributed by atoms with Gasteiger partial charge < -0.3 is 9.47 Å². The molecule has 0 atom stereocenters. The highest BCUT2D eigenvalue weighted by molar-refractivity contribution is 4.84. The Morgan fingerprint density at radius 1 is 1.23 bits per heavy atom. The van der Waals surface area contributed by atoms with E-state index in [1.165, 1.54) is 6.42 Å². The third-order valence-corrected chi connectivity index (χ3v) is 2.25. The van der Waals surface area contributed by atoms with E-state index in [0.717, 1.165) is 19.3 Å². The Morgan fingerprint density at radius 3 is 2.31 bits per heavy atom. The molecule has 0 aromatic carbocycles. The molecule has 0 aromatic heterocycles. The van der Waals surface area contributed by atoms with E-state index in [-0.39, 0.29) is 5.79 Å². The van der Waals surface area contributed by atoms with E-state index in [4.69, 9.17) is 9.47 Å². The van der Waals surface area contributed by atoms with Crippen molar-refractivity contribution in [3.8, 4) is 0 Å². The second-order valence-electron chi connectivity index (χ2n) is 4.12. The maximum atomic E-state index is 5.55. The summed E-state index contributed by atoms with van der Waals surface area (Å²) in [5.41, 5.74) is 0. The summed E-state index contributed by atoms with van der Waals surface area (Å²) in [4.78, 5) is 0. The molecule has 2 heteroatoms. The number of hydrogen-bond acceptors (Lipinski definition) is 2. The molecule has 0 fully saturated rings. The van der Waals surface area contributed by atoms with Crippen LogP contribution in [0.3, 0.4) is 0 Å². The molecule has 2 nitrogen and oxygen atoms in total. The Labute approximate surface area is 80.9 Å². The van der Waals surface area contributed by atoms with Gasteiger partial charge in [0.2, 0.25) is 5.79 Å². The van der Waals surface area contributed by atoms with Crippen molar-refractivity contribution in [2.24, 2.45) is 5.92 Å². The van der Waals surface area contributed by atoms with Crippen LogP contribution in [0.1, 0.15) is 46.5 Å². The predicted octanol–water partition coefficient (Wildman–Crippen LogP) is 3.44. The zero-order chi connectivity index (χ0) is 9.73. The van der Waals surface area contributed by atoms with Crippen LogP contribution in [0, 0.1) is 5.92 Å². The van der Waals surface area contributed by atoms with E-state index in [0.29, 0.717) is 5.92 Å². The molecule has 76 valence electrons. The van der Waals surface area contributed by atoms with E-state index < -0.39 is 0 Å². The molecule has 1 heterocycles. The first-order chi connectivity index (χ1) is 6.18. The smallest absolute Gasteiger partial charge is 0.250 e. The normalized spacial score (nSPS) is 18.8. The summed E-state index contributed by atoms with van der Waals surface area (Å²) in [6.45, 7) is 6.57. The molecule has 0 saturated heterocycles. The van der Waals surface area contributed by atoms with Gasteiger partial charge >= 0.3 is 0 Å². The summed E-state index contributed by atoms with van der Waals surface area (Å²) in [5, 5.41) is 0. The lowest BCUT2D eigenvalue weighted by molar-refractivity contribution is -0.158. The van der Waals surface area contributed by atoms with E-state index >= 15 is 0 Å². The quantitative estimate of drug-likeness (QED) is 0.651. The summed E-state index contributed by atoms with van der Waals surface area (Å²) in [6.07, 6.45) is 7.64. The Bertz CT molecular complexity index is 165. The van der Waals surface area contributed by atoms with E-state index in [2.05, 4.69) is 20.8 Å². The largest absolute Gasteiger partial charge is 0.457 e. The lowest BCUT2D eigenvalue weighted by Crippen LogP contribution is -2.31. The van der Waals surface area contributed by atoms with Gasteiger partial charge in [0.15, 0.2) is 0 Å². The van der Waals surface area contributed by atoms with E-state index in [9.17, 15) is 0 Å². The van der Waals surface area contributed by atoms with Crippen molar-refractivity contribution in [2.75, 3.05) is 0 Å². The predicted molar refractivity (Wildman–Crippen MR) is 53.0 cm³/mol. The van der Waals surface area contributed by atoms with Crippen LogP contribution in [0.25, 0.3) is 0 Å². The number of hydrogen-bond donors (Lipinski definition) is 0. The van der Waals surface area contributed by atoms with Crippen molar-refractivity contribution in [1.29, 1.82) is 0 Å². The Hall–Kier alpha value is -0.660. The van der Waals surface area contributed by atoms with Gasteiger partial charge in [-0.15, -0.1) is 0 Å². The van der Waals surface area contributed by atoms with Gasteiger partial charge in [-0.1, -0.05) is 27.2 Å². The minimum absolute atomic E-state index is 0.343. The first kappa shape index (κ1) is 10.4. The minimum Gasteiger partial charge on any atom is -0.457 e. The average Bonchev–Trinajstić information content (AvgIpc) is 2.49. The molecular weight excluding hydrogens is 164 g/mol. The molecule has 1 aliphatic rings. The van der Waals surface area contributed by atoms with Crippen molar-refractivity contribution in [1.82, 2.24) is 0 Å². The molecule has 0 aromatic rings. The van der Waals surface area contributed by atoms with Gasteiger partial charge in [-0.3, -0.25) is 0 Å². The Morgan fingerprint density at radius 2 is 1.85 bits per heavy atom. The second-order valence-corrected chi connectivity index (χ2v) is 4.12. The molecule has 1 rings (SSSR count). The third-order valence-electron chi connectivity index (χ3n) is 2.25. The average molecular weight is 184 g/mol. The number of ether oxygens (including phenoxy) is 2. The van der Waals surface area contributed by atoms with Gasteiger partial charge in [0, 0.05) is 12.8 Å². The van der Waals surface area contributed by atoms with Crippen LogP contribution in [0.2, 0.25) is 0 Å². The first-order valence-corrected chi connectivity index (χ1v) is 5.19. The molecule has 0 bridgehead atoms. The van der Waals surface area contributed by atoms with Crippen LogP contribution >= 0.6 is 0 Å². The maximum Gasteiger partial charge on any atom is 0.250 e. The molecule has 0 aliphatic carbocycles. The fourth-order valence-electron chi connectivity index (χ4n) is 1.72. The van der Waals surface area contributed by atoms with Crippen LogP contribution < -0.4 is 0 Å². The van der Waals surface area contributed by atoms with Crippen molar-refractivity contribution in [3.05, 3.63) is 12.5 Å². The van der Waals surface area contributed by atoms with Gasteiger partial charge in [-0.05, 0) is 12.3 Å². The Balaban J connectivity index is 2.44. The zero-order valence-corrected chi connectivity index (χ0v) is 8.88. The van der Waals surface area contributed by atoms with Gasteiger partial charge in [-0.2, -0.15) is 0 Å². The Kier molecular flexibility index (Phi) is 3.64. The summed E-state index contributed by atoms with van der Waals surface area (Å²) in [7, 11) is 0. The molecule has 0 N–H and O–H groups in total. The fourth-order valence-corrected chi connectivity index (χ4v) is 1.72. The lowest BCUT2D eigenvalue weighted by atomic mass is 9.98. The topological polar surface area (TPSA) is 18.5 Å². The molecule has 0 spiro atoms. The van der Waals surface area contributed by atoms with Crippen molar-refractivity contribution >= 4 is 0 Å². The van der Waals surface area contributed by atoms with Crippen molar-refractivity contribution < 1.29 is 9.47 Å². The molecule has 13 heavy (non-hydrogen) atoms. The first-order valence-electron chi connectivity index (χ1n) is 5.19. The van der Waals surface area contributed by atoms with Crippen LogP contribution in [0.5, 0.6) is 0 Å². The summed E-state index contributed by atoms with van der Waals surface area (Å²) in [5.74, 6) is 0.265. The fraction of sp³-hybridized carbons (Fsp3) is 0.818. The minimum atomic E-state index is -0.343. The van der Waals surface area contributed by atoms with E-state index in [1.54, 1.807) is 12.5 Å². The third kappa shape index (κ3) is 2.94. The van der Waals surface area contributed by atoms with Crippen molar-refractivity contribution in [2.45, 2.75) is 52.2 Å². The van der Waals surface area contributed by atoms with Crippen molar-refractivity contribution in [3.63, 3.8) is 0 Å². The second kappa shape index (κ2) is 4.54. The molecule has 0 unspecified atom stereocenters. The van der Waals surface area contributed by atoms with Gasteiger partial charge in [-0.25, -0.2) is 0 Å². The highest BCUT2D eigenvalue weighted by Gasteiger charge is 2.35. The van der Waals surface area contributed by atoms with Crippen LogP contribution in [-0.4, -0.2) is 5.79 Å². The molecule has 0 amide bonds. The monoisotopic (exact) mass is 184 g/mol. The van der Waals surface area contributed by atoms with E-state index in [1.807, 2.05) is 0 Å².